The maximum atomic E-state index is 12.8. The Morgan fingerprint density at radius 2 is 1.89 bits per heavy atom. The van der Waals surface area contributed by atoms with Crippen molar-refractivity contribution in [1.82, 2.24) is 0 Å². The summed E-state index contributed by atoms with van der Waals surface area (Å²) in [7, 11) is 1.59. The number of methoxy groups -OCH3 is 1. The van der Waals surface area contributed by atoms with Gasteiger partial charge in [0.2, 0.25) is 0 Å². The van der Waals surface area contributed by atoms with E-state index in [1.165, 1.54) is 12.1 Å². The molecule has 0 amide bonds. The van der Waals surface area contributed by atoms with Crippen LogP contribution in [0.2, 0.25) is 0 Å². The molecule has 0 atom stereocenters. The van der Waals surface area contributed by atoms with Crippen LogP contribution in [0, 0.1) is 10.1 Å². The number of nitrogens with zero attached hydrogens (tertiary/aromatic N) is 1. The van der Waals surface area contributed by atoms with E-state index in [2.05, 4.69) is 0 Å². The fraction of sp³-hybridized carbons (Fsp3) is 0.136. The summed E-state index contributed by atoms with van der Waals surface area (Å²) >= 11 is 0. The second kappa shape index (κ2) is 8.45. The van der Waals surface area contributed by atoms with Crippen LogP contribution in [0.5, 0.6) is 0 Å². The van der Waals surface area contributed by atoms with Crippen molar-refractivity contribution in [2.75, 3.05) is 7.11 Å². The fourth-order valence-electron chi connectivity index (χ4n) is 2.86. The number of nitro benzene ring substituents is 1. The number of rotatable bonds is 7. The number of hydrogen-bond donors (Lipinski definition) is 0. The minimum absolute atomic E-state index is 0.0530. The van der Waals surface area contributed by atoms with E-state index in [9.17, 15) is 14.9 Å². The number of carbonyl (C=O) groups is 1. The lowest BCUT2D eigenvalue weighted by molar-refractivity contribution is -0.385. The number of ketones is 1. The van der Waals surface area contributed by atoms with Gasteiger partial charge in [-0.15, -0.1) is 0 Å². The predicted molar refractivity (Wildman–Crippen MR) is 106 cm³/mol. The third kappa shape index (κ3) is 4.24. The van der Waals surface area contributed by atoms with Crippen LogP contribution < -0.4 is 0 Å². The molecule has 2 aromatic carbocycles. The van der Waals surface area contributed by atoms with E-state index in [-0.39, 0.29) is 17.0 Å². The number of hydrogen-bond acceptors (Lipinski definition) is 5. The van der Waals surface area contributed by atoms with Gasteiger partial charge in [0.1, 0.15) is 23.7 Å². The average molecular weight is 377 g/mol. The summed E-state index contributed by atoms with van der Waals surface area (Å²) in [6, 6.07) is 16.7. The molecule has 6 nitrogen and oxygen atoms in total. The van der Waals surface area contributed by atoms with E-state index < -0.39 is 4.92 Å². The highest BCUT2D eigenvalue weighted by atomic mass is 16.6. The predicted octanol–water partition coefficient (Wildman–Crippen LogP) is 5.13. The van der Waals surface area contributed by atoms with E-state index in [4.69, 9.17) is 9.15 Å². The van der Waals surface area contributed by atoms with E-state index in [0.717, 1.165) is 5.57 Å². The number of carbonyl (C=O) groups excluding carboxylic acids is 1. The van der Waals surface area contributed by atoms with Crippen LogP contribution in [0.3, 0.4) is 0 Å². The molecule has 1 heterocycles. The lowest BCUT2D eigenvalue weighted by Crippen LogP contribution is -2.05. The first-order chi connectivity index (χ1) is 13.5. The molecule has 142 valence electrons. The molecule has 28 heavy (non-hydrogen) atoms. The van der Waals surface area contributed by atoms with Crippen LogP contribution in [0.15, 0.2) is 65.1 Å². The number of furan rings is 1. The van der Waals surface area contributed by atoms with Crippen molar-refractivity contribution in [3.63, 3.8) is 0 Å². The van der Waals surface area contributed by atoms with Gasteiger partial charge in [0.25, 0.3) is 5.69 Å². The molecule has 0 bridgehead atoms. The van der Waals surface area contributed by atoms with E-state index in [0.29, 0.717) is 29.3 Å². The maximum Gasteiger partial charge on any atom is 0.280 e. The molecule has 3 aromatic rings. The number of allylic oxidation sites excluding steroid dienone is 1. The van der Waals surface area contributed by atoms with Crippen LogP contribution in [-0.2, 0) is 11.3 Å². The Labute approximate surface area is 162 Å². The van der Waals surface area contributed by atoms with Gasteiger partial charge in [0.05, 0.1) is 4.92 Å². The van der Waals surface area contributed by atoms with Gasteiger partial charge >= 0.3 is 0 Å². The van der Waals surface area contributed by atoms with Gasteiger partial charge < -0.3 is 9.15 Å². The summed E-state index contributed by atoms with van der Waals surface area (Å²) in [6.07, 6.45) is 1.82. The Morgan fingerprint density at radius 1 is 1.14 bits per heavy atom. The quantitative estimate of drug-likeness (QED) is 0.324. The largest absolute Gasteiger partial charge is 0.459 e. The van der Waals surface area contributed by atoms with Gasteiger partial charge in [-0.2, -0.15) is 0 Å². The summed E-state index contributed by atoms with van der Waals surface area (Å²) in [5.74, 6) is 0.982. The summed E-state index contributed by atoms with van der Waals surface area (Å²) < 4.78 is 10.7. The lowest BCUT2D eigenvalue weighted by Gasteiger charge is -2.05. The Bertz CT molecular complexity index is 1030. The third-order valence-corrected chi connectivity index (χ3v) is 4.22. The molecule has 0 spiro atoms. The van der Waals surface area contributed by atoms with Gasteiger partial charge in [-0.3, -0.25) is 14.9 Å². The molecule has 0 unspecified atom stereocenters. The molecular weight excluding hydrogens is 358 g/mol. The first kappa shape index (κ1) is 19.3. The highest BCUT2D eigenvalue weighted by Crippen LogP contribution is 2.26. The normalized spacial score (nSPS) is 11.4. The van der Waals surface area contributed by atoms with Crippen molar-refractivity contribution in [2.24, 2.45) is 0 Å². The lowest BCUT2D eigenvalue weighted by atomic mass is 9.98. The molecule has 0 fully saturated rings. The first-order valence-corrected chi connectivity index (χ1v) is 8.64. The van der Waals surface area contributed by atoms with E-state index >= 15 is 0 Å². The highest BCUT2D eigenvalue weighted by molar-refractivity contribution is 6.11. The SMILES string of the molecule is COCc1ccc(/C(C)=C/c2ccc([N+](=O)[O-])c(C(=O)c3ccccc3)c2)o1. The zero-order chi connectivity index (χ0) is 20.1. The molecule has 0 saturated heterocycles. The zero-order valence-corrected chi connectivity index (χ0v) is 15.5. The second-order valence-corrected chi connectivity index (χ2v) is 6.26. The zero-order valence-electron chi connectivity index (χ0n) is 15.5. The smallest absolute Gasteiger partial charge is 0.280 e. The first-order valence-electron chi connectivity index (χ1n) is 8.64. The molecule has 3 rings (SSSR count). The van der Waals surface area contributed by atoms with Crippen LogP contribution >= 0.6 is 0 Å². The maximum absolute atomic E-state index is 12.8. The fourth-order valence-corrected chi connectivity index (χ4v) is 2.86. The van der Waals surface area contributed by atoms with Crippen molar-refractivity contribution in [2.45, 2.75) is 13.5 Å². The number of nitro groups is 1. The topological polar surface area (TPSA) is 82.6 Å². The van der Waals surface area contributed by atoms with Gasteiger partial charge in [-0.25, -0.2) is 0 Å². The van der Waals surface area contributed by atoms with Crippen LogP contribution in [0.1, 0.15) is 39.9 Å². The Kier molecular flexibility index (Phi) is 5.81. The van der Waals surface area contributed by atoms with Crippen molar-refractivity contribution < 1.29 is 18.9 Å². The van der Waals surface area contributed by atoms with Gasteiger partial charge in [0.15, 0.2) is 5.78 Å². The average Bonchev–Trinajstić information content (AvgIpc) is 3.17. The van der Waals surface area contributed by atoms with Gasteiger partial charge in [0, 0.05) is 18.7 Å². The molecule has 0 radical (unpaired) electrons. The van der Waals surface area contributed by atoms with Gasteiger partial charge in [-0.1, -0.05) is 30.3 Å². The second-order valence-electron chi connectivity index (χ2n) is 6.26. The summed E-state index contributed by atoms with van der Waals surface area (Å²) in [5, 5.41) is 11.4. The van der Waals surface area contributed by atoms with Crippen molar-refractivity contribution in [3.05, 3.63) is 99.0 Å². The molecule has 0 aliphatic heterocycles. The molecule has 6 heteroatoms. The molecule has 0 saturated carbocycles. The van der Waals surface area contributed by atoms with Crippen LogP contribution in [0.4, 0.5) is 5.69 Å². The van der Waals surface area contributed by atoms with Crippen LogP contribution in [-0.4, -0.2) is 17.8 Å². The molecule has 0 aliphatic rings. The number of benzene rings is 2. The molecule has 1 aromatic heterocycles. The monoisotopic (exact) mass is 377 g/mol. The molecular formula is C22H19NO5. The van der Waals surface area contributed by atoms with E-state index in [1.54, 1.807) is 43.5 Å². The minimum atomic E-state index is -0.542. The molecule has 0 aliphatic carbocycles. The Morgan fingerprint density at radius 3 is 2.57 bits per heavy atom. The van der Waals surface area contributed by atoms with E-state index in [1.807, 2.05) is 25.1 Å². The minimum Gasteiger partial charge on any atom is -0.459 e. The number of ether oxygens (including phenoxy) is 1. The van der Waals surface area contributed by atoms with Gasteiger partial charge in [-0.05, 0) is 48.4 Å². The van der Waals surface area contributed by atoms with Crippen LogP contribution in [0.25, 0.3) is 11.6 Å². The summed E-state index contributed by atoms with van der Waals surface area (Å²) in [6.45, 7) is 2.25. The summed E-state index contributed by atoms with van der Waals surface area (Å²) in [4.78, 5) is 23.6. The molecule has 0 N–H and O–H groups in total. The standard InChI is InChI=1S/C22H19NO5/c1-15(21-11-9-18(28-21)14-27-2)12-16-8-10-20(23(25)26)19(13-16)22(24)17-6-4-3-5-7-17/h3-13H,14H2,1-2H3/b15-12+. The van der Waals surface area contributed by atoms with Crippen molar-refractivity contribution in [1.29, 1.82) is 0 Å². The highest BCUT2D eigenvalue weighted by Gasteiger charge is 2.21. The summed E-state index contributed by atoms with van der Waals surface area (Å²) in [5.41, 5.74) is 1.74. The van der Waals surface area contributed by atoms with Crippen molar-refractivity contribution >= 4 is 23.1 Å². The van der Waals surface area contributed by atoms with Crippen molar-refractivity contribution in [3.8, 4) is 0 Å². The Hall–Kier alpha value is -3.51. The third-order valence-electron chi connectivity index (χ3n) is 4.22. The Balaban J connectivity index is 1.98.